The molecule has 0 radical (unpaired) electrons. The Morgan fingerprint density at radius 1 is 1.23 bits per heavy atom. The highest BCUT2D eigenvalue weighted by atomic mass is 32.2. The highest BCUT2D eigenvalue weighted by Gasteiger charge is 2.36. The van der Waals surface area contributed by atoms with Crippen LogP contribution in [0.2, 0.25) is 0 Å². The Bertz CT molecular complexity index is 819. The topological polar surface area (TPSA) is 51.4 Å². The molecule has 2 aromatic rings. The Morgan fingerprint density at radius 2 is 2.08 bits per heavy atom. The summed E-state index contributed by atoms with van der Waals surface area (Å²) in [4.78, 5) is 6.98. The standard InChI is InChI=1S/C19H21F2N3OS/c1-26-18-5-2-11-8-24(9-17(11)23-18)13-7-16(22)19(25-10-13)14-6-12(20)3-4-15(14)21/h2-6,13,16,19H,7-10,22H2,1H3/t13?,16?,19-/m1/s1. The minimum atomic E-state index is -0.617. The maximum Gasteiger partial charge on any atom is 0.129 e. The summed E-state index contributed by atoms with van der Waals surface area (Å²) in [5, 5.41) is 1.02. The molecule has 0 bridgehead atoms. The molecule has 1 aromatic heterocycles. The van der Waals surface area contributed by atoms with Crippen LogP contribution in [0.1, 0.15) is 29.3 Å². The fourth-order valence-electron chi connectivity index (χ4n) is 3.78. The van der Waals surface area contributed by atoms with Gasteiger partial charge in [-0.2, -0.15) is 0 Å². The molecule has 7 heteroatoms. The lowest BCUT2D eigenvalue weighted by molar-refractivity contribution is -0.0532. The molecule has 2 N–H and O–H groups in total. The second kappa shape index (κ2) is 7.23. The van der Waals surface area contributed by atoms with Gasteiger partial charge in [-0.25, -0.2) is 13.8 Å². The lowest BCUT2D eigenvalue weighted by Gasteiger charge is -2.38. The van der Waals surface area contributed by atoms with E-state index < -0.39 is 17.7 Å². The van der Waals surface area contributed by atoms with Crippen LogP contribution in [0.4, 0.5) is 8.78 Å². The maximum atomic E-state index is 14.1. The van der Waals surface area contributed by atoms with Crippen LogP contribution in [-0.4, -0.2) is 34.8 Å². The van der Waals surface area contributed by atoms with Crippen LogP contribution >= 0.6 is 11.8 Å². The lowest BCUT2D eigenvalue weighted by Crippen LogP contribution is -2.47. The van der Waals surface area contributed by atoms with E-state index in [1.165, 1.54) is 11.6 Å². The molecule has 1 aromatic carbocycles. The third-order valence-electron chi connectivity index (χ3n) is 5.16. The molecule has 1 fully saturated rings. The average molecular weight is 377 g/mol. The molecule has 2 aliphatic rings. The number of nitrogens with two attached hydrogens (primary N) is 1. The maximum absolute atomic E-state index is 14.1. The quantitative estimate of drug-likeness (QED) is 0.832. The second-order valence-electron chi connectivity index (χ2n) is 6.84. The summed E-state index contributed by atoms with van der Waals surface area (Å²) in [6.07, 6.45) is 2.07. The van der Waals surface area contributed by atoms with Crippen molar-refractivity contribution in [1.29, 1.82) is 0 Å². The van der Waals surface area contributed by atoms with E-state index >= 15 is 0 Å². The van der Waals surface area contributed by atoms with Crippen molar-refractivity contribution < 1.29 is 13.5 Å². The van der Waals surface area contributed by atoms with E-state index in [0.717, 1.165) is 35.9 Å². The molecule has 3 atom stereocenters. The second-order valence-corrected chi connectivity index (χ2v) is 7.66. The molecule has 26 heavy (non-hydrogen) atoms. The fraction of sp³-hybridized carbons (Fsp3) is 0.421. The number of fused-ring (bicyclic) bond motifs is 1. The van der Waals surface area contributed by atoms with Gasteiger partial charge in [0.1, 0.15) is 17.7 Å². The monoisotopic (exact) mass is 377 g/mol. The van der Waals surface area contributed by atoms with Gasteiger partial charge in [-0.1, -0.05) is 6.07 Å². The van der Waals surface area contributed by atoms with E-state index in [9.17, 15) is 8.78 Å². The van der Waals surface area contributed by atoms with Crippen LogP contribution < -0.4 is 5.73 Å². The molecule has 0 saturated carbocycles. The fourth-order valence-corrected chi connectivity index (χ4v) is 4.19. The zero-order valence-electron chi connectivity index (χ0n) is 14.5. The molecule has 4 rings (SSSR count). The Kier molecular flexibility index (Phi) is 4.96. The van der Waals surface area contributed by atoms with E-state index in [4.69, 9.17) is 10.5 Å². The summed E-state index contributed by atoms with van der Waals surface area (Å²) in [5.74, 6) is -0.960. The van der Waals surface area contributed by atoms with Crippen LogP contribution in [0.5, 0.6) is 0 Å². The first-order chi connectivity index (χ1) is 12.5. The number of halogens is 2. The molecule has 0 amide bonds. The van der Waals surface area contributed by atoms with Gasteiger partial charge in [0, 0.05) is 30.7 Å². The number of ether oxygens (including phenoxy) is 1. The number of pyridine rings is 1. The van der Waals surface area contributed by atoms with E-state index in [1.807, 2.05) is 12.3 Å². The van der Waals surface area contributed by atoms with Gasteiger partial charge in [0.15, 0.2) is 0 Å². The summed E-state index contributed by atoms with van der Waals surface area (Å²) in [6, 6.07) is 7.33. The molecule has 2 aliphatic heterocycles. The molecule has 3 heterocycles. The van der Waals surface area contributed by atoms with Crippen LogP contribution in [-0.2, 0) is 17.8 Å². The zero-order valence-corrected chi connectivity index (χ0v) is 15.3. The molecule has 2 unspecified atom stereocenters. The minimum absolute atomic E-state index is 0.143. The molecular formula is C19H21F2N3OS. The van der Waals surface area contributed by atoms with Crippen molar-refractivity contribution in [3.63, 3.8) is 0 Å². The number of hydrogen-bond acceptors (Lipinski definition) is 5. The number of nitrogens with zero attached hydrogens (tertiary/aromatic N) is 2. The largest absolute Gasteiger partial charge is 0.370 e. The lowest BCUT2D eigenvalue weighted by atomic mass is 9.93. The summed E-state index contributed by atoms with van der Waals surface area (Å²) >= 11 is 1.63. The van der Waals surface area contributed by atoms with Crippen molar-refractivity contribution in [2.24, 2.45) is 5.73 Å². The predicted octanol–water partition coefficient (Wildman–Crippen LogP) is 3.25. The summed E-state index contributed by atoms with van der Waals surface area (Å²) in [7, 11) is 0. The van der Waals surface area contributed by atoms with Crippen molar-refractivity contribution in [2.75, 3.05) is 12.9 Å². The first kappa shape index (κ1) is 17.9. The summed E-state index contributed by atoms with van der Waals surface area (Å²) in [5.41, 5.74) is 8.81. The van der Waals surface area contributed by atoms with Gasteiger partial charge in [-0.3, -0.25) is 4.90 Å². The predicted molar refractivity (Wildman–Crippen MR) is 96.7 cm³/mol. The number of benzene rings is 1. The van der Waals surface area contributed by atoms with Gasteiger partial charge in [-0.05, 0) is 42.5 Å². The van der Waals surface area contributed by atoms with Gasteiger partial charge < -0.3 is 10.5 Å². The molecule has 1 saturated heterocycles. The number of thioether (sulfide) groups is 1. The SMILES string of the molecule is CSc1ccc2c(n1)CN(C1CO[C@H](c3cc(F)ccc3F)C(N)C1)C2. The summed E-state index contributed by atoms with van der Waals surface area (Å²) in [6.45, 7) is 2.03. The first-order valence-electron chi connectivity index (χ1n) is 8.64. The van der Waals surface area contributed by atoms with Crippen molar-refractivity contribution >= 4 is 11.8 Å². The van der Waals surface area contributed by atoms with Gasteiger partial charge in [-0.15, -0.1) is 11.8 Å². The van der Waals surface area contributed by atoms with Crippen molar-refractivity contribution in [3.8, 4) is 0 Å². The Morgan fingerprint density at radius 3 is 2.85 bits per heavy atom. The summed E-state index contributed by atoms with van der Waals surface area (Å²) < 4.78 is 33.4. The van der Waals surface area contributed by atoms with E-state index in [2.05, 4.69) is 16.0 Å². The smallest absolute Gasteiger partial charge is 0.129 e. The van der Waals surface area contributed by atoms with E-state index in [-0.39, 0.29) is 17.6 Å². The van der Waals surface area contributed by atoms with Gasteiger partial charge >= 0.3 is 0 Å². The molecule has 0 aliphatic carbocycles. The first-order valence-corrected chi connectivity index (χ1v) is 9.86. The minimum Gasteiger partial charge on any atom is -0.370 e. The molecule has 0 spiro atoms. The highest BCUT2D eigenvalue weighted by molar-refractivity contribution is 7.98. The van der Waals surface area contributed by atoms with Gasteiger partial charge in [0.2, 0.25) is 0 Å². The highest BCUT2D eigenvalue weighted by Crippen LogP contribution is 2.34. The van der Waals surface area contributed by atoms with E-state index in [1.54, 1.807) is 11.8 Å². The molecule has 138 valence electrons. The Hall–Kier alpha value is -1.54. The molecular weight excluding hydrogens is 356 g/mol. The normalized spacial score (nSPS) is 26.1. The number of rotatable bonds is 3. The number of hydrogen-bond donors (Lipinski definition) is 1. The van der Waals surface area contributed by atoms with Crippen LogP contribution in [0, 0.1) is 11.6 Å². The van der Waals surface area contributed by atoms with Crippen molar-refractivity contribution in [1.82, 2.24) is 9.88 Å². The van der Waals surface area contributed by atoms with Crippen LogP contribution in [0.3, 0.4) is 0 Å². The zero-order chi connectivity index (χ0) is 18.3. The van der Waals surface area contributed by atoms with Gasteiger partial charge in [0.25, 0.3) is 0 Å². The Labute approximate surface area is 155 Å². The van der Waals surface area contributed by atoms with Crippen LogP contribution in [0.15, 0.2) is 35.4 Å². The van der Waals surface area contributed by atoms with Crippen molar-refractivity contribution in [2.45, 2.75) is 42.7 Å². The third kappa shape index (κ3) is 3.36. The van der Waals surface area contributed by atoms with Crippen LogP contribution in [0.25, 0.3) is 0 Å². The molecule has 4 nitrogen and oxygen atoms in total. The van der Waals surface area contributed by atoms with E-state index in [0.29, 0.717) is 13.0 Å². The third-order valence-corrected chi connectivity index (χ3v) is 5.81. The van der Waals surface area contributed by atoms with Crippen molar-refractivity contribution in [3.05, 3.63) is 58.8 Å². The Balaban J connectivity index is 1.45. The number of aromatic nitrogens is 1. The average Bonchev–Trinajstić information content (AvgIpc) is 3.07. The van der Waals surface area contributed by atoms with Gasteiger partial charge in [0.05, 0.1) is 17.3 Å².